The molecule has 0 aromatic rings. The first kappa shape index (κ1) is 9.73. The van der Waals surface area contributed by atoms with E-state index in [1.165, 1.54) is 11.0 Å². The third kappa shape index (κ3) is 2.06. The Morgan fingerprint density at radius 2 is 2.23 bits per heavy atom. The Balaban J connectivity index is 2.49. The fraction of sp³-hybridized carbons (Fsp3) is 0.500. The molecule has 1 atom stereocenters. The van der Waals surface area contributed by atoms with Gasteiger partial charge >= 0.3 is 0 Å². The summed E-state index contributed by atoms with van der Waals surface area (Å²) in [5.41, 5.74) is 10.3. The van der Waals surface area contributed by atoms with E-state index >= 15 is 0 Å². The van der Waals surface area contributed by atoms with Crippen molar-refractivity contribution in [2.45, 2.75) is 12.5 Å². The lowest BCUT2D eigenvalue weighted by Crippen LogP contribution is -2.56. The number of nitrogens with zero attached hydrogens (tertiary/aromatic N) is 1. The van der Waals surface area contributed by atoms with Crippen LogP contribution in [0.4, 0.5) is 0 Å². The average Bonchev–Trinajstić information content (AvgIpc) is 1.97. The fourth-order valence-corrected chi connectivity index (χ4v) is 1.21. The standard InChI is InChI=1S/C8H13N3O2/c9-4-1-2-7(12)11-5-3-6(11)8(10)13/h1-2,6H,3-5,9H2,(H2,10,13)/b2-1+. The number of carbonyl (C=O) groups excluding carboxylic acids is 2. The summed E-state index contributed by atoms with van der Waals surface area (Å²) < 4.78 is 0. The van der Waals surface area contributed by atoms with Gasteiger partial charge in [0.25, 0.3) is 0 Å². The molecule has 1 fully saturated rings. The number of nitrogens with two attached hydrogens (primary N) is 2. The van der Waals surface area contributed by atoms with Gasteiger partial charge in [-0.1, -0.05) is 6.08 Å². The van der Waals surface area contributed by atoms with E-state index in [1.54, 1.807) is 6.08 Å². The van der Waals surface area contributed by atoms with Crippen LogP contribution in [0.2, 0.25) is 0 Å². The van der Waals surface area contributed by atoms with Crippen molar-refractivity contribution in [2.75, 3.05) is 13.1 Å². The van der Waals surface area contributed by atoms with Gasteiger partial charge in [-0.3, -0.25) is 9.59 Å². The minimum absolute atomic E-state index is 0.194. The number of likely N-dealkylation sites (tertiary alicyclic amines) is 1. The van der Waals surface area contributed by atoms with Gasteiger partial charge in [0.15, 0.2) is 0 Å². The van der Waals surface area contributed by atoms with Crippen LogP contribution in [-0.2, 0) is 9.59 Å². The van der Waals surface area contributed by atoms with Crippen molar-refractivity contribution in [3.05, 3.63) is 12.2 Å². The lowest BCUT2D eigenvalue weighted by atomic mass is 10.0. The molecule has 13 heavy (non-hydrogen) atoms. The van der Waals surface area contributed by atoms with Gasteiger partial charge in [-0.05, 0) is 6.42 Å². The Hall–Kier alpha value is -1.36. The summed E-state index contributed by atoms with van der Waals surface area (Å²) in [5.74, 6) is -0.638. The Kier molecular flexibility index (Phi) is 3.02. The molecule has 72 valence electrons. The quantitative estimate of drug-likeness (QED) is 0.526. The zero-order chi connectivity index (χ0) is 9.84. The molecular weight excluding hydrogens is 170 g/mol. The topological polar surface area (TPSA) is 89.4 Å². The summed E-state index contributed by atoms with van der Waals surface area (Å²) in [5, 5.41) is 0. The molecule has 0 aliphatic carbocycles. The summed E-state index contributed by atoms with van der Waals surface area (Å²) in [6.45, 7) is 0.919. The number of carbonyl (C=O) groups is 2. The highest BCUT2D eigenvalue weighted by Gasteiger charge is 2.34. The molecule has 5 heteroatoms. The first-order chi connectivity index (χ1) is 6.16. The molecule has 4 N–H and O–H groups in total. The summed E-state index contributed by atoms with van der Waals surface area (Å²) in [6, 6.07) is -0.421. The van der Waals surface area contributed by atoms with E-state index in [9.17, 15) is 9.59 Å². The van der Waals surface area contributed by atoms with Gasteiger partial charge in [-0.25, -0.2) is 0 Å². The summed E-state index contributed by atoms with van der Waals surface area (Å²) in [7, 11) is 0. The van der Waals surface area contributed by atoms with Gasteiger partial charge < -0.3 is 16.4 Å². The maximum atomic E-state index is 11.3. The molecule has 0 aromatic carbocycles. The number of primary amides is 1. The van der Waals surface area contributed by atoms with E-state index in [0.717, 1.165) is 0 Å². The molecule has 2 amide bonds. The molecule has 0 saturated carbocycles. The molecule has 1 unspecified atom stereocenters. The lowest BCUT2D eigenvalue weighted by Gasteiger charge is -2.37. The highest BCUT2D eigenvalue weighted by atomic mass is 16.2. The molecule has 0 aromatic heterocycles. The Bertz CT molecular complexity index is 250. The van der Waals surface area contributed by atoms with E-state index in [0.29, 0.717) is 19.5 Å². The van der Waals surface area contributed by atoms with Gasteiger partial charge in [0.05, 0.1) is 0 Å². The summed E-state index contributed by atoms with van der Waals surface area (Å²) >= 11 is 0. The van der Waals surface area contributed by atoms with Crippen LogP contribution in [0.1, 0.15) is 6.42 Å². The monoisotopic (exact) mass is 183 g/mol. The number of hydrogen-bond acceptors (Lipinski definition) is 3. The maximum Gasteiger partial charge on any atom is 0.246 e. The molecule has 1 saturated heterocycles. The zero-order valence-electron chi connectivity index (χ0n) is 7.27. The van der Waals surface area contributed by atoms with Crippen LogP contribution in [0.3, 0.4) is 0 Å². The molecule has 5 nitrogen and oxygen atoms in total. The van der Waals surface area contributed by atoms with Crippen LogP contribution < -0.4 is 11.5 Å². The predicted molar refractivity (Wildman–Crippen MR) is 47.5 cm³/mol. The molecule has 1 aliphatic heterocycles. The van der Waals surface area contributed by atoms with Crippen LogP contribution in [-0.4, -0.2) is 35.8 Å². The van der Waals surface area contributed by atoms with Gasteiger partial charge in [0.1, 0.15) is 6.04 Å². The van der Waals surface area contributed by atoms with Crippen LogP contribution in [0, 0.1) is 0 Å². The van der Waals surface area contributed by atoms with Gasteiger partial charge in [0, 0.05) is 19.2 Å². The Labute approximate surface area is 76.4 Å². The third-order valence-corrected chi connectivity index (χ3v) is 2.03. The smallest absolute Gasteiger partial charge is 0.246 e. The van der Waals surface area contributed by atoms with Gasteiger partial charge in [0.2, 0.25) is 11.8 Å². The maximum absolute atomic E-state index is 11.3. The minimum Gasteiger partial charge on any atom is -0.368 e. The molecule has 0 bridgehead atoms. The van der Waals surface area contributed by atoms with Crippen LogP contribution in [0.15, 0.2) is 12.2 Å². The van der Waals surface area contributed by atoms with Gasteiger partial charge in [-0.2, -0.15) is 0 Å². The molecule has 1 rings (SSSR count). The van der Waals surface area contributed by atoms with Gasteiger partial charge in [-0.15, -0.1) is 0 Å². The fourth-order valence-electron chi connectivity index (χ4n) is 1.21. The Morgan fingerprint density at radius 1 is 1.54 bits per heavy atom. The Morgan fingerprint density at radius 3 is 2.62 bits per heavy atom. The molecule has 1 heterocycles. The van der Waals surface area contributed by atoms with Crippen LogP contribution in [0.25, 0.3) is 0 Å². The first-order valence-corrected chi connectivity index (χ1v) is 4.13. The van der Waals surface area contributed by atoms with Crippen LogP contribution in [0.5, 0.6) is 0 Å². The predicted octanol–water partition coefficient (Wildman–Crippen LogP) is -1.41. The van der Waals surface area contributed by atoms with E-state index < -0.39 is 11.9 Å². The summed E-state index contributed by atoms with van der Waals surface area (Å²) in [4.78, 5) is 23.5. The van der Waals surface area contributed by atoms with Crippen molar-refractivity contribution < 1.29 is 9.59 Å². The van der Waals surface area contributed by atoms with Crippen molar-refractivity contribution in [1.82, 2.24) is 4.90 Å². The largest absolute Gasteiger partial charge is 0.368 e. The molecule has 0 radical (unpaired) electrons. The highest BCUT2D eigenvalue weighted by molar-refractivity contribution is 5.93. The number of hydrogen-bond donors (Lipinski definition) is 2. The van der Waals surface area contributed by atoms with Crippen molar-refractivity contribution >= 4 is 11.8 Å². The van der Waals surface area contributed by atoms with E-state index in [2.05, 4.69) is 0 Å². The molecule has 0 spiro atoms. The summed E-state index contributed by atoms with van der Waals surface area (Å²) in [6.07, 6.45) is 3.59. The first-order valence-electron chi connectivity index (χ1n) is 4.13. The minimum atomic E-state index is -0.444. The van der Waals surface area contributed by atoms with E-state index in [-0.39, 0.29) is 5.91 Å². The SMILES string of the molecule is NC/C=C/C(=O)N1CCC1C(N)=O. The molecular formula is C8H13N3O2. The highest BCUT2D eigenvalue weighted by Crippen LogP contribution is 2.16. The second-order valence-corrected chi connectivity index (χ2v) is 2.88. The normalized spacial score (nSPS) is 21.6. The zero-order valence-corrected chi connectivity index (χ0v) is 7.27. The number of amides is 2. The second-order valence-electron chi connectivity index (χ2n) is 2.88. The van der Waals surface area contributed by atoms with Crippen molar-refractivity contribution in [3.63, 3.8) is 0 Å². The van der Waals surface area contributed by atoms with E-state index in [1.807, 2.05) is 0 Å². The third-order valence-electron chi connectivity index (χ3n) is 2.03. The lowest BCUT2D eigenvalue weighted by molar-refractivity contribution is -0.142. The van der Waals surface area contributed by atoms with Crippen molar-refractivity contribution in [3.8, 4) is 0 Å². The molecule has 1 aliphatic rings. The van der Waals surface area contributed by atoms with E-state index in [4.69, 9.17) is 11.5 Å². The average molecular weight is 183 g/mol. The second kappa shape index (κ2) is 4.04. The van der Waals surface area contributed by atoms with Crippen molar-refractivity contribution in [1.29, 1.82) is 0 Å². The van der Waals surface area contributed by atoms with Crippen LogP contribution >= 0.6 is 0 Å². The number of rotatable bonds is 3. The van der Waals surface area contributed by atoms with Crippen molar-refractivity contribution in [2.24, 2.45) is 11.5 Å².